The lowest BCUT2D eigenvalue weighted by Gasteiger charge is -2.22. The molecule has 0 unspecified atom stereocenters. The first-order chi connectivity index (χ1) is 9.77. The summed E-state index contributed by atoms with van der Waals surface area (Å²) in [6, 6.07) is 4.63. The Bertz CT molecular complexity index is 546. The maximum absolute atomic E-state index is 10.9. The SMILES string of the molecule is CC(C)(CCCOc1ccc(Br)cc1[N+](=O)[O-])C(N)=NO. The monoisotopic (exact) mass is 359 g/mol. The number of nitro groups is 1. The standard InChI is InChI=1S/C13H18BrN3O4/c1-13(2,12(15)16-18)6-3-7-21-11-5-4-9(14)8-10(11)17(19)20/h4-5,8,18H,3,6-7H2,1-2H3,(H2,15,16). The molecule has 21 heavy (non-hydrogen) atoms. The number of ether oxygens (including phenoxy) is 1. The molecule has 0 aromatic heterocycles. The Kier molecular flexibility index (Phi) is 5.95. The van der Waals surface area contributed by atoms with Gasteiger partial charge in [-0.05, 0) is 25.0 Å². The van der Waals surface area contributed by atoms with E-state index in [2.05, 4.69) is 21.1 Å². The van der Waals surface area contributed by atoms with Gasteiger partial charge in [-0.1, -0.05) is 34.9 Å². The van der Waals surface area contributed by atoms with Gasteiger partial charge >= 0.3 is 5.69 Å². The fourth-order valence-electron chi connectivity index (χ4n) is 1.71. The summed E-state index contributed by atoms with van der Waals surface area (Å²) in [5.41, 5.74) is 5.05. The fourth-order valence-corrected chi connectivity index (χ4v) is 2.06. The van der Waals surface area contributed by atoms with Crippen LogP contribution < -0.4 is 10.5 Å². The average molecular weight is 360 g/mol. The summed E-state index contributed by atoms with van der Waals surface area (Å²) in [4.78, 5) is 10.5. The lowest BCUT2D eigenvalue weighted by molar-refractivity contribution is -0.385. The molecule has 1 aromatic carbocycles. The molecule has 0 heterocycles. The van der Waals surface area contributed by atoms with Crippen LogP contribution in [-0.4, -0.2) is 22.6 Å². The molecule has 0 spiro atoms. The summed E-state index contributed by atoms with van der Waals surface area (Å²) < 4.78 is 6.08. The van der Waals surface area contributed by atoms with E-state index in [0.29, 0.717) is 23.9 Å². The third-order valence-corrected chi connectivity index (χ3v) is 3.62. The van der Waals surface area contributed by atoms with Crippen LogP contribution in [0, 0.1) is 15.5 Å². The number of rotatable bonds is 7. The molecular formula is C13H18BrN3O4. The topological polar surface area (TPSA) is 111 Å². The van der Waals surface area contributed by atoms with Crippen molar-refractivity contribution in [3.63, 3.8) is 0 Å². The second-order valence-electron chi connectivity index (χ2n) is 5.19. The second-order valence-corrected chi connectivity index (χ2v) is 6.11. The highest BCUT2D eigenvalue weighted by molar-refractivity contribution is 9.10. The molecule has 0 atom stereocenters. The summed E-state index contributed by atoms with van der Waals surface area (Å²) >= 11 is 3.19. The van der Waals surface area contributed by atoms with Gasteiger partial charge in [0.2, 0.25) is 0 Å². The zero-order chi connectivity index (χ0) is 16.0. The third-order valence-electron chi connectivity index (χ3n) is 3.12. The van der Waals surface area contributed by atoms with Gasteiger partial charge in [0.15, 0.2) is 5.75 Å². The molecule has 0 radical (unpaired) electrons. The van der Waals surface area contributed by atoms with Crippen LogP contribution in [-0.2, 0) is 0 Å². The van der Waals surface area contributed by atoms with Gasteiger partial charge in [0.1, 0.15) is 5.84 Å². The molecule has 0 saturated carbocycles. The van der Waals surface area contributed by atoms with E-state index in [1.165, 1.54) is 6.07 Å². The maximum Gasteiger partial charge on any atom is 0.312 e. The quantitative estimate of drug-likeness (QED) is 0.194. The average Bonchev–Trinajstić information content (AvgIpc) is 2.43. The van der Waals surface area contributed by atoms with Crippen molar-refractivity contribution in [2.75, 3.05) is 6.61 Å². The molecule has 0 saturated heterocycles. The Morgan fingerprint density at radius 3 is 2.81 bits per heavy atom. The van der Waals surface area contributed by atoms with E-state index in [-0.39, 0.29) is 17.3 Å². The van der Waals surface area contributed by atoms with E-state index in [1.807, 2.05) is 13.8 Å². The van der Waals surface area contributed by atoms with Gasteiger partial charge in [0.05, 0.1) is 11.5 Å². The van der Waals surface area contributed by atoms with Crippen molar-refractivity contribution in [1.29, 1.82) is 0 Å². The summed E-state index contributed by atoms with van der Waals surface area (Å²) in [5.74, 6) is 0.377. The number of nitrogens with zero attached hydrogens (tertiary/aromatic N) is 2. The van der Waals surface area contributed by atoms with E-state index < -0.39 is 10.3 Å². The number of hydrogen-bond acceptors (Lipinski definition) is 5. The van der Waals surface area contributed by atoms with Crippen LogP contribution in [0.25, 0.3) is 0 Å². The highest BCUT2D eigenvalue weighted by Crippen LogP contribution is 2.30. The van der Waals surface area contributed by atoms with Crippen molar-refractivity contribution in [2.45, 2.75) is 26.7 Å². The molecule has 0 aliphatic rings. The van der Waals surface area contributed by atoms with E-state index in [9.17, 15) is 10.1 Å². The predicted octanol–water partition coefficient (Wildman–Crippen LogP) is 3.29. The molecule has 0 amide bonds. The van der Waals surface area contributed by atoms with Crippen LogP contribution >= 0.6 is 15.9 Å². The number of halogens is 1. The summed E-state index contributed by atoms with van der Waals surface area (Å²) in [6.07, 6.45) is 1.25. The highest BCUT2D eigenvalue weighted by Gasteiger charge is 2.23. The maximum atomic E-state index is 10.9. The summed E-state index contributed by atoms with van der Waals surface area (Å²) in [6.45, 7) is 4.01. The Morgan fingerprint density at radius 1 is 1.57 bits per heavy atom. The van der Waals surface area contributed by atoms with Crippen LogP contribution in [0.2, 0.25) is 0 Å². The minimum atomic E-state index is -0.486. The van der Waals surface area contributed by atoms with Crippen LogP contribution in [0.15, 0.2) is 27.8 Å². The number of benzene rings is 1. The minimum Gasteiger partial charge on any atom is -0.487 e. The van der Waals surface area contributed by atoms with Crippen LogP contribution in [0.3, 0.4) is 0 Å². The van der Waals surface area contributed by atoms with E-state index in [1.54, 1.807) is 12.1 Å². The van der Waals surface area contributed by atoms with Crippen molar-refractivity contribution in [3.05, 3.63) is 32.8 Å². The van der Waals surface area contributed by atoms with E-state index in [0.717, 1.165) is 0 Å². The van der Waals surface area contributed by atoms with Gasteiger partial charge in [0.25, 0.3) is 0 Å². The van der Waals surface area contributed by atoms with Crippen molar-refractivity contribution in [3.8, 4) is 5.75 Å². The third kappa shape index (κ3) is 4.89. The number of amidine groups is 1. The van der Waals surface area contributed by atoms with Gasteiger partial charge in [-0.15, -0.1) is 0 Å². The van der Waals surface area contributed by atoms with E-state index in [4.69, 9.17) is 15.7 Å². The van der Waals surface area contributed by atoms with Gasteiger partial charge in [-0.2, -0.15) is 0 Å². The molecule has 116 valence electrons. The molecule has 0 aliphatic carbocycles. The molecule has 1 aromatic rings. The normalized spacial score (nSPS) is 12.2. The molecule has 3 N–H and O–H groups in total. The first-order valence-electron chi connectivity index (χ1n) is 6.32. The number of nitrogens with two attached hydrogens (primary N) is 1. The van der Waals surface area contributed by atoms with Crippen molar-refractivity contribution in [1.82, 2.24) is 0 Å². The Morgan fingerprint density at radius 2 is 2.24 bits per heavy atom. The van der Waals surface area contributed by atoms with Gasteiger partial charge in [-0.3, -0.25) is 10.1 Å². The Labute approximate surface area is 131 Å². The lowest BCUT2D eigenvalue weighted by atomic mass is 9.87. The Balaban J connectivity index is 2.60. The predicted molar refractivity (Wildman–Crippen MR) is 82.7 cm³/mol. The molecular weight excluding hydrogens is 342 g/mol. The largest absolute Gasteiger partial charge is 0.487 e. The fraction of sp³-hybridized carbons (Fsp3) is 0.462. The molecule has 7 nitrogen and oxygen atoms in total. The molecule has 8 heteroatoms. The number of hydrogen-bond donors (Lipinski definition) is 2. The number of nitro benzene ring substituents is 1. The van der Waals surface area contributed by atoms with Crippen LogP contribution in [0.5, 0.6) is 5.75 Å². The van der Waals surface area contributed by atoms with Crippen molar-refractivity contribution < 1.29 is 14.9 Å². The van der Waals surface area contributed by atoms with Gasteiger partial charge in [-0.25, -0.2) is 0 Å². The smallest absolute Gasteiger partial charge is 0.312 e. The van der Waals surface area contributed by atoms with Gasteiger partial charge < -0.3 is 15.7 Å². The zero-order valence-corrected chi connectivity index (χ0v) is 13.5. The minimum absolute atomic E-state index is 0.0833. The second kappa shape index (κ2) is 7.26. The summed E-state index contributed by atoms with van der Waals surface area (Å²) in [7, 11) is 0. The van der Waals surface area contributed by atoms with E-state index >= 15 is 0 Å². The first kappa shape index (κ1) is 17.2. The van der Waals surface area contributed by atoms with Crippen molar-refractivity contribution in [2.24, 2.45) is 16.3 Å². The molecule has 0 fully saturated rings. The zero-order valence-electron chi connectivity index (χ0n) is 11.9. The van der Waals surface area contributed by atoms with Gasteiger partial charge in [0, 0.05) is 16.0 Å². The highest BCUT2D eigenvalue weighted by atomic mass is 79.9. The first-order valence-corrected chi connectivity index (χ1v) is 7.12. The van der Waals surface area contributed by atoms with Crippen LogP contribution in [0.1, 0.15) is 26.7 Å². The molecule has 0 bridgehead atoms. The lowest BCUT2D eigenvalue weighted by Crippen LogP contribution is -2.32. The van der Waals surface area contributed by atoms with Crippen molar-refractivity contribution >= 4 is 27.5 Å². The molecule has 1 rings (SSSR count). The number of oxime groups is 1. The van der Waals surface area contributed by atoms with Crippen LogP contribution in [0.4, 0.5) is 5.69 Å². The summed E-state index contributed by atoms with van der Waals surface area (Å²) in [5, 5.41) is 22.6. The molecule has 0 aliphatic heterocycles. The Hall–Kier alpha value is -1.83.